The number of amides is 2. The third-order valence-corrected chi connectivity index (χ3v) is 12.6. The Morgan fingerprint density at radius 2 is 0.556 bits per heavy atom. The van der Waals surface area contributed by atoms with Gasteiger partial charge in [0.1, 0.15) is 12.1 Å². The predicted molar refractivity (Wildman–Crippen MR) is 360 cm³/mol. The van der Waals surface area contributed by atoms with E-state index in [9.17, 15) is 9.59 Å². The van der Waals surface area contributed by atoms with E-state index in [0.29, 0.717) is 323 Å². The molecule has 0 rings (SSSR count). The molecule has 35 heteroatoms. The summed E-state index contributed by atoms with van der Waals surface area (Å²) in [6, 6.07) is 0. The lowest BCUT2D eigenvalue weighted by atomic mass is 10.0. The molecule has 2 amide bonds. The molecule has 0 atom stereocenters. The van der Waals surface area contributed by atoms with Crippen LogP contribution < -0.4 is 16.4 Å². The largest absolute Gasteiger partial charge is 0.447 e. The average Bonchev–Trinajstić information content (AvgIpc) is 0.886. The van der Waals surface area contributed by atoms with Crippen molar-refractivity contribution in [3.05, 3.63) is 10.4 Å². The summed E-state index contributed by atoms with van der Waals surface area (Å²) in [5.74, 6) is -0.325. The van der Waals surface area contributed by atoms with Gasteiger partial charge in [-0.25, -0.2) is 4.79 Å². The summed E-state index contributed by atoms with van der Waals surface area (Å²) in [6.45, 7) is 21.7. The average molecular weight is 1450 g/mol. The Balaban J connectivity index is 4.19. The van der Waals surface area contributed by atoms with Crippen molar-refractivity contribution in [1.82, 2.24) is 10.6 Å². The highest BCUT2D eigenvalue weighted by molar-refractivity contribution is 5.77. The van der Waals surface area contributed by atoms with E-state index in [4.69, 9.17) is 139 Å². The Morgan fingerprint density at radius 3 is 0.778 bits per heavy atom. The van der Waals surface area contributed by atoms with Crippen LogP contribution in [0.3, 0.4) is 0 Å². The third kappa shape index (κ3) is 80.5. The van der Waals surface area contributed by atoms with Crippen LogP contribution in [0.5, 0.6) is 0 Å². The van der Waals surface area contributed by atoms with Gasteiger partial charge in [-0.1, -0.05) is 5.11 Å². The number of carbonyl (C=O) groups is 2. The number of alkyl carbamates (subject to hydrolysis) is 1. The molecule has 0 heterocycles. The molecule has 0 spiro atoms. The summed E-state index contributed by atoms with van der Waals surface area (Å²) in [6.07, 6.45) is 1.85. The van der Waals surface area contributed by atoms with Gasteiger partial charge < -0.3 is 144 Å². The first-order valence-corrected chi connectivity index (χ1v) is 34.8. The fourth-order valence-corrected chi connectivity index (χ4v) is 7.48. The van der Waals surface area contributed by atoms with Crippen LogP contribution in [0.4, 0.5) is 4.79 Å². The van der Waals surface area contributed by atoms with Crippen LogP contribution >= 0.6 is 0 Å². The normalized spacial score (nSPS) is 11.7. The molecule has 0 unspecified atom stereocenters. The number of hydrogen-bond donors (Lipinski definition) is 3. The number of nitrogens with one attached hydrogen (secondary N) is 2. The molecule has 99 heavy (non-hydrogen) atoms. The van der Waals surface area contributed by atoms with Crippen LogP contribution in [-0.4, -0.2) is 388 Å². The Kier molecular flexibility index (Phi) is 83.0. The van der Waals surface area contributed by atoms with Gasteiger partial charge in [-0.2, -0.15) is 0 Å². The van der Waals surface area contributed by atoms with Crippen LogP contribution in [0.2, 0.25) is 0 Å². The monoisotopic (exact) mass is 1440 g/mol. The van der Waals surface area contributed by atoms with E-state index in [2.05, 4.69) is 20.7 Å². The quantitative estimate of drug-likeness (QED) is 0.0336. The van der Waals surface area contributed by atoms with Crippen molar-refractivity contribution < 1.29 is 137 Å². The molecule has 0 aromatic rings. The van der Waals surface area contributed by atoms with Gasteiger partial charge in [0.15, 0.2) is 0 Å². The summed E-state index contributed by atoms with van der Waals surface area (Å²) >= 11 is 0. The number of azide groups is 1. The van der Waals surface area contributed by atoms with Gasteiger partial charge in [-0.15, -0.1) is 0 Å². The van der Waals surface area contributed by atoms with Gasteiger partial charge in [0, 0.05) is 38.6 Å². The van der Waals surface area contributed by atoms with Crippen molar-refractivity contribution >= 4 is 12.0 Å². The SMILES string of the molecule is COCCOCCOCCOCCOCCOCCOCCOCCOCCOCCOCCOCCOCC(COCCOCCOCCOCCOCCOCCOCCOCCOCCOCCOCCOCCOC)(COC(=O)NCCCCN)NC(=O)CCCCN=[N+]=[N-]. The molecule has 0 aliphatic rings. The zero-order valence-electron chi connectivity index (χ0n) is 60.0. The van der Waals surface area contributed by atoms with Gasteiger partial charge in [0.05, 0.1) is 330 Å². The Labute approximate surface area is 588 Å². The molecule has 0 aliphatic heterocycles. The van der Waals surface area contributed by atoms with E-state index in [1.54, 1.807) is 14.2 Å². The van der Waals surface area contributed by atoms with Crippen molar-refractivity contribution in [2.45, 2.75) is 37.6 Å². The molecule has 0 aromatic carbocycles. The van der Waals surface area contributed by atoms with Crippen LogP contribution in [0.1, 0.15) is 32.1 Å². The maximum absolute atomic E-state index is 13.3. The molecule has 0 fully saturated rings. The van der Waals surface area contributed by atoms with E-state index in [1.807, 2.05) is 0 Å². The number of nitrogens with zero attached hydrogens (tertiary/aromatic N) is 3. The summed E-state index contributed by atoms with van der Waals surface area (Å²) in [7, 11) is 3.27. The van der Waals surface area contributed by atoms with Crippen LogP contribution in [0.15, 0.2) is 5.11 Å². The lowest BCUT2D eigenvalue weighted by Crippen LogP contribution is -2.59. The second-order valence-electron chi connectivity index (χ2n) is 20.8. The van der Waals surface area contributed by atoms with E-state index in [1.165, 1.54) is 0 Å². The second-order valence-corrected chi connectivity index (χ2v) is 20.8. The maximum atomic E-state index is 13.3. The van der Waals surface area contributed by atoms with E-state index in [-0.39, 0.29) is 65.1 Å². The summed E-state index contributed by atoms with van der Waals surface area (Å²) < 4.78 is 149. The Morgan fingerprint density at radius 1 is 0.323 bits per heavy atom. The van der Waals surface area contributed by atoms with Crippen LogP contribution in [0, 0.1) is 0 Å². The molecule has 588 valence electrons. The first-order valence-electron chi connectivity index (χ1n) is 34.8. The number of methoxy groups -OCH3 is 2. The molecule has 0 saturated heterocycles. The molecule has 35 nitrogen and oxygen atoms in total. The van der Waals surface area contributed by atoms with Crippen molar-refractivity contribution in [3.8, 4) is 0 Å². The number of carbonyl (C=O) groups excluding carboxylic acids is 2. The van der Waals surface area contributed by atoms with E-state index in [0.717, 1.165) is 6.42 Å². The lowest BCUT2D eigenvalue weighted by Gasteiger charge is -2.34. The van der Waals surface area contributed by atoms with Crippen LogP contribution in [0.25, 0.3) is 10.4 Å². The van der Waals surface area contributed by atoms with E-state index < -0.39 is 11.6 Å². The van der Waals surface area contributed by atoms with Crippen molar-refractivity contribution in [3.63, 3.8) is 0 Å². The van der Waals surface area contributed by atoms with Gasteiger partial charge in [0.25, 0.3) is 0 Å². The highest BCUT2D eigenvalue weighted by Gasteiger charge is 2.35. The van der Waals surface area contributed by atoms with E-state index >= 15 is 0 Å². The fourth-order valence-electron chi connectivity index (χ4n) is 7.48. The van der Waals surface area contributed by atoms with Crippen molar-refractivity contribution in [1.29, 1.82) is 0 Å². The van der Waals surface area contributed by atoms with Crippen molar-refractivity contribution in [2.75, 3.05) is 371 Å². The fraction of sp³-hybridized carbons (Fsp3) is 0.969. The molecule has 0 bridgehead atoms. The summed E-state index contributed by atoms with van der Waals surface area (Å²) in [5, 5.41) is 9.24. The number of unbranched alkanes of at least 4 members (excludes halogenated alkanes) is 2. The van der Waals surface area contributed by atoms with Gasteiger partial charge >= 0.3 is 6.09 Å². The highest BCUT2D eigenvalue weighted by atomic mass is 16.6. The summed E-state index contributed by atoms with van der Waals surface area (Å²) in [4.78, 5) is 28.8. The number of hydrogen-bond acceptors (Lipinski definition) is 31. The number of nitrogens with two attached hydrogens (primary N) is 1. The molecule has 4 N–H and O–H groups in total. The Bertz CT molecular complexity index is 1580. The zero-order chi connectivity index (χ0) is 71.3. The molecular formula is C64H128N6O29. The predicted octanol–water partition coefficient (Wildman–Crippen LogP) is 1.48. The zero-order valence-corrected chi connectivity index (χ0v) is 60.0. The molecule has 0 aromatic heterocycles. The Hall–Kier alpha value is -3.03. The first kappa shape index (κ1) is 96.0. The van der Waals surface area contributed by atoms with Gasteiger partial charge in [-0.3, -0.25) is 4.79 Å². The molecule has 0 saturated carbocycles. The number of ether oxygens (including phenoxy) is 27. The second kappa shape index (κ2) is 85.6. The highest BCUT2D eigenvalue weighted by Crippen LogP contribution is 2.12. The van der Waals surface area contributed by atoms with Crippen LogP contribution in [-0.2, 0) is 133 Å². The number of rotatable bonds is 88. The third-order valence-electron chi connectivity index (χ3n) is 12.6. The maximum Gasteiger partial charge on any atom is 0.407 e. The standard InChI is InChI=1S/C64H128N6O29/c1-73-11-13-75-15-17-77-19-21-79-23-25-81-27-29-83-31-33-85-35-37-87-39-41-89-43-45-91-47-49-93-51-53-95-55-57-97-59-64(61-99-63(72)67-9-6-4-8-65,69-62(71)7-3-5-10-68-70-66)60-98-58-56-96-54-52-94-50-48-92-46-44-90-42-40-88-38-36-86-34-32-84-30-28-82-26-24-80-22-20-78-18-16-76-14-12-74-2/h3-61,65H2,1-2H3,(H,67,72)(H,69,71). The minimum atomic E-state index is -1.28. The molecule has 0 aliphatic carbocycles. The van der Waals surface area contributed by atoms with Gasteiger partial charge in [-0.05, 0) is 37.8 Å². The van der Waals surface area contributed by atoms with Gasteiger partial charge in [0.2, 0.25) is 5.91 Å². The summed E-state index contributed by atoms with van der Waals surface area (Å²) in [5.41, 5.74) is 13.0. The topological polar surface area (TPSA) is 382 Å². The molecular weight excluding hydrogens is 1320 g/mol. The minimum absolute atomic E-state index is 0.0746. The smallest absolute Gasteiger partial charge is 0.407 e. The lowest BCUT2D eigenvalue weighted by molar-refractivity contribution is -0.127. The first-order chi connectivity index (χ1) is 49.0. The molecule has 0 radical (unpaired) electrons. The van der Waals surface area contributed by atoms with Crippen molar-refractivity contribution in [2.24, 2.45) is 10.8 Å². The minimum Gasteiger partial charge on any atom is -0.447 e.